The van der Waals surface area contributed by atoms with E-state index in [4.69, 9.17) is 9.47 Å². The van der Waals surface area contributed by atoms with E-state index >= 15 is 0 Å². The summed E-state index contributed by atoms with van der Waals surface area (Å²) in [6.07, 6.45) is 4.53. The van der Waals surface area contributed by atoms with Gasteiger partial charge in [0.1, 0.15) is 11.4 Å². The second kappa shape index (κ2) is 11.4. The number of pyridine rings is 1. The molecule has 9 heteroatoms. The summed E-state index contributed by atoms with van der Waals surface area (Å²) >= 11 is 0. The highest BCUT2D eigenvalue weighted by molar-refractivity contribution is 5.67. The van der Waals surface area contributed by atoms with E-state index in [9.17, 15) is 9.90 Å². The third-order valence-corrected chi connectivity index (χ3v) is 4.76. The summed E-state index contributed by atoms with van der Waals surface area (Å²) in [6.45, 7) is 5.89. The number of amides is 1. The molecular weight excluding hydrogens is 434 g/mol. The summed E-state index contributed by atoms with van der Waals surface area (Å²) in [4.78, 5) is 25.1. The van der Waals surface area contributed by atoms with Crippen LogP contribution in [0.25, 0.3) is 11.3 Å². The first kappa shape index (κ1) is 24.9. The number of alkyl carbamates (subject to hydrolysis) is 1. The van der Waals surface area contributed by atoms with Crippen molar-refractivity contribution in [3.63, 3.8) is 0 Å². The summed E-state index contributed by atoms with van der Waals surface area (Å²) in [5, 5.41) is 15.4. The molecule has 0 spiro atoms. The van der Waals surface area contributed by atoms with Crippen LogP contribution in [-0.2, 0) is 17.8 Å². The Bertz CT molecular complexity index is 1100. The van der Waals surface area contributed by atoms with Gasteiger partial charge in [0, 0.05) is 41.4 Å². The molecule has 0 saturated carbocycles. The van der Waals surface area contributed by atoms with Crippen LogP contribution in [0, 0.1) is 0 Å². The summed E-state index contributed by atoms with van der Waals surface area (Å²) in [6, 6.07) is 11.1. The second-order valence-electron chi connectivity index (χ2n) is 8.65. The lowest BCUT2D eigenvalue weighted by Gasteiger charge is -2.19. The molecule has 0 atom stereocenters. The predicted molar refractivity (Wildman–Crippen MR) is 130 cm³/mol. The molecule has 2 heterocycles. The van der Waals surface area contributed by atoms with Crippen molar-refractivity contribution in [1.82, 2.24) is 20.3 Å². The van der Waals surface area contributed by atoms with E-state index in [1.165, 1.54) is 0 Å². The Morgan fingerprint density at radius 2 is 1.94 bits per heavy atom. The molecule has 180 valence electrons. The summed E-state index contributed by atoms with van der Waals surface area (Å²) in [7, 11) is 1.56. The van der Waals surface area contributed by atoms with Crippen LogP contribution in [0.1, 0.15) is 38.4 Å². The zero-order chi connectivity index (χ0) is 24.6. The third kappa shape index (κ3) is 7.41. The van der Waals surface area contributed by atoms with E-state index in [-0.39, 0.29) is 6.61 Å². The van der Waals surface area contributed by atoms with Crippen LogP contribution in [0.5, 0.6) is 5.75 Å². The predicted octanol–water partition coefficient (Wildman–Crippen LogP) is 4.24. The van der Waals surface area contributed by atoms with Crippen molar-refractivity contribution in [3.8, 4) is 17.0 Å². The van der Waals surface area contributed by atoms with Gasteiger partial charge in [-0.05, 0) is 70.0 Å². The number of rotatable bonds is 9. The van der Waals surface area contributed by atoms with Gasteiger partial charge >= 0.3 is 6.09 Å². The normalized spacial score (nSPS) is 11.1. The van der Waals surface area contributed by atoms with Crippen molar-refractivity contribution >= 4 is 17.7 Å². The lowest BCUT2D eigenvalue weighted by atomic mass is 10.1. The number of aliphatic hydroxyl groups is 1. The second-order valence-corrected chi connectivity index (χ2v) is 8.65. The molecule has 0 fully saturated rings. The Morgan fingerprint density at radius 1 is 1.12 bits per heavy atom. The van der Waals surface area contributed by atoms with E-state index in [1.807, 2.05) is 45.0 Å². The number of anilines is 2. The van der Waals surface area contributed by atoms with Crippen molar-refractivity contribution in [2.75, 3.05) is 19.0 Å². The number of aliphatic hydroxyl groups excluding tert-OH is 1. The Hall–Kier alpha value is -3.72. The quantitative estimate of drug-likeness (QED) is 0.402. The molecule has 3 N–H and O–H groups in total. The van der Waals surface area contributed by atoms with Crippen LogP contribution in [0.4, 0.5) is 16.4 Å². The van der Waals surface area contributed by atoms with Crippen LogP contribution >= 0.6 is 0 Å². The van der Waals surface area contributed by atoms with Crippen molar-refractivity contribution in [2.45, 2.75) is 45.8 Å². The Morgan fingerprint density at radius 3 is 2.62 bits per heavy atom. The smallest absolute Gasteiger partial charge is 0.407 e. The summed E-state index contributed by atoms with van der Waals surface area (Å²) < 4.78 is 10.5. The number of carbonyl (C=O) groups is 1. The molecule has 9 nitrogen and oxygen atoms in total. The first-order valence-corrected chi connectivity index (χ1v) is 11.1. The first-order valence-electron chi connectivity index (χ1n) is 11.1. The molecule has 0 bridgehead atoms. The number of hydrogen-bond donors (Lipinski definition) is 3. The van der Waals surface area contributed by atoms with E-state index in [0.717, 1.165) is 35.5 Å². The number of aryl methyl sites for hydroxylation is 1. The first-order chi connectivity index (χ1) is 16.3. The SMILES string of the molecule is COc1ccc(Nc2nccc(-c3ccc(CCCNC(=O)OC(C)(C)C)nc3)n2)cc1CO. The zero-order valence-corrected chi connectivity index (χ0v) is 20.0. The third-order valence-electron chi connectivity index (χ3n) is 4.76. The Kier molecular flexibility index (Phi) is 8.37. The molecule has 0 aliphatic carbocycles. The van der Waals surface area contributed by atoms with E-state index in [2.05, 4.69) is 25.6 Å². The number of carbonyl (C=O) groups excluding carboxylic acids is 1. The fourth-order valence-electron chi connectivity index (χ4n) is 3.19. The topological polar surface area (TPSA) is 118 Å². The monoisotopic (exact) mass is 465 g/mol. The number of hydrogen-bond acceptors (Lipinski definition) is 8. The van der Waals surface area contributed by atoms with Gasteiger partial charge in [-0.3, -0.25) is 4.98 Å². The van der Waals surface area contributed by atoms with Gasteiger partial charge in [-0.25, -0.2) is 14.8 Å². The fourth-order valence-corrected chi connectivity index (χ4v) is 3.19. The fraction of sp³-hybridized carbons (Fsp3) is 0.360. The molecule has 0 aliphatic heterocycles. The van der Waals surface area contributed by atoms with Crippen LogP contribution in [0.2, 0.25) is 0 Å². The van der Waals surface area contributed by atoms with Gasteiger partial charge < -0.3 is 25.2 Å². The molecule has 34 heavy (non-hydrogen) atoms. The Labute approximate surface area is 199 Å². The number of ether oxygens (including phenoxy) is 2. The molecule has 1 aromatic carbocycles. The minimum Gasteiger partial charge on any atom is -0.496 e. The van der Waals surface area contributed by atoms with Crippen LogP contribution in [-0.4, -0.2) is 45.4 Å². The van der Waals surface area contributed by atoms with E-state index in [0.29, 0.717) is 23.8 Å². The average Bonchev–Trinajstić information content (AvgIpc) is 2.81. The number of nitrogens with zero attached hydrogens (tertiary/aromatic N) is 3. The minimum atomic E-state index is -0.505. The van der Waals surface area contributed by atoms with Gasteiger partial charge in [0.2, 0.25) is 5.95 Å². The number of methoxy groups -OCH3 is 1. The van der Waals surface area contributed by atoms with Crippen molar-refractivity contribution < 1.29 is 19.4 Å². The van der Waals surface area contributed by atoms with Crippen molar-refractivity contribution in [3.05, 3.63) is 60.0 Å². The summed E-state index contributed by atoms with van der Waals surface area (Å²) in [5.41, 5.74) is 3.44. The van der Waals surface area contributed by atoms with Gasteiger partial charge in [0.05, 0.1) is 19.4 Å². The average molecular weight is 466 g/mol. The van der Waals surface area contributed by atoms with E-state index < -0.39 is 11.7 Å². The molecule has 0 radical (unpaired) electrons. The highest BCUT2D eigenvalue weighted by Crippen LogP contribution is 2.25. The standard InChI is InChI=1S/C25H31N5O4/c1-25(2,3)34-24(32)27-12-5-6-19-8-7-17(15-28-19)21-11-13-26-23(30-21)29-20-9-10-22(33-4)18(14-20)16-31/h7-11,13-15,31H,5-6,12,16H2,1-4H3,(H,27,32)(H,26,29,30). The zero-order valence-electron chi connectivity index (χ0n) is 20.0. The van der Waals surface area contributed by atoms with Gasteiger partial charge in [-0.15, -0.1) is 0 Å². The maximum Gasteiger partial charge on any atom is 0.407 e. The molecule has 0 unspecified atom stereocenters. The molecule has 3 aromatic rings. The van der Waals surface area contributed by atoms with Gasteiger partial charge in [0.25, 0.3) is 0 Å². The maximum atomic E-state index is 11.7. The van der Waals surface area contributed by atoms with Crippen LogP contribution < -0.4 is 15.4 Å². The lowest BCUT2D eigenvalue weighted by Crippen LogP contribution is -2.33. The highest BCUT2D eigenvalue weighted by atomic mass is 16.6. The van der Waals surface area contributed by atoms with Gasteiger partial charge in [0.15, 0.2) is 0 Å². The molecule has 0 saturated heterocycles. The molecule has 1 amide bonds. The molecule has 0 aliphatic rings. The highest BCUT2D eigenvalue weighted by Gasteiger charge is 2.15. The van der Waals surface area contributed by atoms with Crippen molar-refractivity contribution in [2.24, 2.45) is 0 Å². The number of benzene rings is 1. The van der Waals surface area contributed by atoms with E-state index in [1.54, 1.807) is 31.6 Å². The van der Waals surface area contributed by atoms with Gasteiger partial charge in [-0.2, -0.15) is 0 Å². The van der Waals surface area contributed by atoms with Crippen molar-refractivity contribution in [1.29, 1.82) is 0 Å². The number of aromatic nitrogens is 3. The van der Waals surface area contributed by atoms with Crippen LogP contribution in [0.3, 0.4) is 0 Å². The molecule has 3 rings (SSSR count). The van der Waals surface area contributed by atoms with Crippen LogP contribution in [0.15, 0.2) is 48.8 Å². The molecule has 2 aromatic heterocycles. The maximum absolute atomic E-state index is 11.7. The largest absolute Gasteiger partial charge is 0.496 e. The number of nitrogens with one attached hydrogen (secondary N) is 2. The minimum absolute atomic E-state index is 0.130. The Balaban J connectivity index is 1.57. The lowest BCUT2D eigenvalue weighted by molar-refractivity contribution is 0.0527. The van der Waals surface area contributed by atoms with Gasteiger partial charge in [-0.1, -0.05) is 0 Å². The summed E-state index contributed by atoms with van der Waals surface area (Å²) in [5.74, 6) is 1.05. The molecular formula is C25H31N5O4.